The van der Waals surface area contributed by atoms with E-state index in [1.807, 2.05) is 0 Å². The summed E-state index contributed by atoms with van der Waals surface area (Å²) >= 11 is 6.19. The molecule has 0 aromatic rings. The molecule has 0 radical (unpaired) electrons. The lowest BCUT2D eigenvalue weighted by Crippen LogP contribution is -2.41. The van der Waals surface area contributed by atoms with Crippen LogP contribution in [0.25, 0.3) is 0 Å². The van der Waals surface area contributed by atoms with Gasteiger partial charge in [-0.3, -0.25) is 14.5 Å². The summed E-state index contributed by atoms with van der Waals surface area (Å²) in [6, 6.07) is 0. The maximum Gasteiger partial charge on any atom is 0.240 e. The molecule has 1 heterocycles. The molecule has 2 amide bonds. The third-order valence-electron chi connectivity index (χ3n) is 1.61. The Morgan fingerprint density at radius 2 is 2.43 bits per heavy atom. The fraction of sp³-hybridized carbons (Fsp3) is 0.571. The Kier molecular flexibility index (Phi) is 4.30. The van der Waals surface area contributed by atoms with E-state index in [1.54, 1.807) is 0 Å². The topological polar surface area (TPSA) is 75.4 Å². The number of thiocarbonyl (C=S) groups is 1. The molecule has 0 atom stereocenters. The van der Waals surface area contributed by atoms with Crippen LogP contribution in [0.4, 0.5) is 0 Å². The molecule has 1 aliphatic rings. The van der Waals surface area contributed by atoms with Crippen LogP contribution in [0.15, 0.2) is 0 Å². The first kappa shape index (κ1) is 11.4. The molecular weight excluding hydrogens is 222 g/mol. The number of amides is 2. The molecule has 0 aromatic carbocycles. The van der Waals surface area contributed by atoms with Gasteiger partial charge in [0.25, 0.3) is 0 Å². The molecule has 5 nitrogen and oxygen atoms in total. The average molecular weight is 233 g/mol. The van der Waals surface area contributed by atoms with Crippen LogP contribution in [-0.2, 0) is 9.59 Å². The van der Waals surface area contributed by atoms with Gasteiger partial charge in [-0.15, -0.1) is 0 Å². The van der Waals surface area contributed by atoms with Crippen molar-refractivity contribution in [2.75, 3.05) is 25.4 Å². The van der Waals surface area contributed by atoms with Gasteiger partial charge in [0.15, 0.2) is 0 Å². The highest BCUT2D eigenvalue weighted by molar-refractivity contribution is 8.23. The second-order valence-electron chi connectivity index (χ2n) is 2.67. The largest absolute Gasteiger partial charge is 0.353 e. The number of carbonyl (C=O) groups excluding carboxylic acids is 2. The molecule has 1 aliphatic heterocycles. The van der Waals surface area contributed by atoms with Crippen LogP contribution in [0.5, 0.6) is 0 Å². The van der Waals surface area contributed by atoms with Crippen LogP contribution in [0, 0.1) is 0 Å². The second kappa shape index (κ2) is 5.28. The number of nitrogens with two attached hydrogens (primary N) is 1. The van der Waals surface area contributed by atoms with Crippen molar-refractivity contribution < 1.29 is 9.59 Å². The van der Waals surface area contributed by atoms with Gasteiger partial charge in [-0.1, -0.05) is 24.0 Å². The van der Waals surface area contributed by atoms with E-state index in [9.17, 15) is 9.59 Å². The van der Waals surface area contributed by atoms with Gasteiger partial charge in [-0.25, -0.2) is 0 Å². The van der Waals surface area contributed by atoms with Gasteiger partial charge in [0.1, 0.15) is 10.9 Å². The SMILES string of the molecule is NCCNC(=O)CN1C(=O)CSC1=S. The fourth-order valence-corrected chi connectivity index (χ4v) is 2.01. The number of rotatable bonds is 4. The normalized spacial score (nSPS) is 16.2. The highest BCUT2D eigenvalue weighted by Gasteiger charge is 2.27. The molecule has 78 valence electrons. The summed E-state index contributed by atoms with van der Waals surface area (Å²) in [6.45, 7) is 0.810. The van der Waals surface area contributed by atoms with Gasteiger partial charge < -0.3 is 11.1 Å². The monoisotopic (exact) mass is 233 g/mol. The first-order chi connectivity index (χ1) is 6.65. The summed E-state index contributed by atoms with van der Waals surface area (Å²) in [6.07, 6.45) is 0. The Morgan fingerprint density at radius 3 is 2.93 bits per heavy atom. The Balaban J connectivity index is 2.39. The Labute approximate surface area is 91.4 Å². The van der Waals surface area contributed by atoms with E-state index in [0.29, 0.717) is 23.2 Å². The van der Waals surface area contributed by atoms with Gasteiger partial charge in [-0.05, 0) is 0 Å². The Bertz CT molecular complexity index is 254. The van der Waals surface area contributed by atoms with Crippen LogP contribution in [0.3, 0.4) is 0 Å². The number of nitrogens with one attached hydrogen (secondary N) is 1. The van der Waals surface area contributed by atoms with E-state index in [0.717, 1.165) is 0 Å². The van der Waals surface area contributed by atoms with Crippen LogP contribution in [0.1, 0.15) is 0 Å². The van der Waals surface area contributed by atoms with Crippen LogP contribution >= 0.6 is 24.0 Å². The van der Waals surface area contributed by atoms with Crippen molar-refractivity contribution in [1.82, 2.24) is 10.2 Å². The maximum absolute atomic E-state index is 11.2. The first-order valence-electron chi connectivity index (χ1n) is 4.09. The predicted octanol–water partition coefficient (Wildman–Crippen LogP) is -1.08. The van der Waals surface area contributed by atoms with Crippen molar-refractivity contribution in [2.24, 2.45) is 5.73 Å². The van der Waals surface area contributed by atoms with Crippen molar-refractivity contribution in [3.8, 4) is 0 Å². The lowest BCUT2D eigenvalue weighted by molar-refractivity contribution is -0.129. The van der Waals surface area contributed by atoms with Crippen molar-refractivity contribution in [2.45, 2.75) is 0 Å². The van der Waals surface area contributed by atoms with Gasteiger partial charge in [0.2, 0.25) is 11.8 Å². The average Bonchev–Trinajstić information content (AvgIpc) is 2.46. The molecule has 0 bridgehead atoms. The minimum atomic E-state index is -0.228. The minimum Gasteiger partial charge on any atom is -0.353 e. The molecule has 0 aromatic heterocycles. The summed E-state index contributed by atoms with van der Waals surface area (Å²) in [4.78, 5) is 23.7. The van der Waals surface area contributed by atoms with Gasteiger partial charge in [0, 0.05) is 13.1 Å². The predicted molar refractivity (Wildman–Crippen MR) is 58.8 cm³/mol. The highest BCUT2D eigenvalue weighted by atomic mass is 32.2. The molecule has 14 heavy (non-hydrogen) atoms. The zero-order valence-electron chi connectivity index (χ0n) is 7.49. The molecule has 0 spiro atoms. The van der Waals surface area contributed by atoms with Crippen LogP contribution < -0.4 is 11.1 Å². The molecule has 3 N–H and O–H groups in total. The molecule has 1 saturated heterocycles. The van der Waals surface area contributed by atoms with Gasteiger partial charge >= 0.3 is 0 Å². The zero-order valence-corrected chi connectivity index (χ0v) is 9.12. The molecule has 1 fully saturated rings. The van der Waals surface area contributed by atoms with Crippen LogP contribution in [0.2, 0.25) is 0 Å². The summed E-state index contributed by atoms with van der Waals surface area (Å²) in [5.41, 5.74) is 5.21. The van der Waals surface area contributed by atoms with E-state index in [1.165, 1.54) is 16.7 Å². The molecule has 7 heteroatoms. The first-order valence-corrected chi connectivity index (χ1v) is 5.48. The summed E-state index contributed by atoms with van der Waals surface area (Å²) in [7, 11) is 0. The van der Waals surface area contributed by atoms with Crippen molar-refractivity contribution in [3.63, 3.8) is 0 Å². The standard InChI is InChI=1S/C7H11N3O2S2/c8-1-2-9-5(11)3-10-6(12)4-14-7(10)13/h1-4,8H2,(H,9,11). The van der Waals surface area contributed by atoms with E-state index < -0.39 is 0 Å². The number of hydrogen-bond acceptors (Lipinski definition) is 5. The fourth-order valence-electron chi connectivity index (χ4n) is 0.945. The van der Waals surface area contributed by atoms with E-state index in [4.69, 9.17) is 18.0 Å². The van der Waals surface area contributed by atoms with Crippen molar-refractivity contribution in [3.05, 3.63) is 0 Å². The molecule has 0 unspecified atom stereocenters. The summed E-state index contributed by atoms with van der Waals surface area (Å²) < 4.78 is 0.470. The highest BCUT2D eigenvalue weighted by Crippen LogP contribution is 2.18. The maximum atomic E-state index is 11.2. The number of hydrogen-bond donors (Lipinski definition) is 2. The summed E-state index contributed by atoms with van der Waals surface area (Å²) in [5.74, 6) is -0.000217. The van der Waals surface area contributed by atoms with Gasteiger partial charge in [0.05, 0.1) is 5.75 Å². The summed E-state index contributed by atoms with van der Waals surface area (Å²) in [5, 5.41) is 2.57. The smallest absolute Gasteiger partial charge is 0.240 e. The Morgan fingerprint density at radius 1 is 1.71 bits per heavy atom. The van der Waals surface area contributed by atoms with E-state index in [-0.39, 0.29) is 18.4 Å². The van der Waals surface area contributed by atoms with Crippen molar-refractivity contribution >= 4 is 40.1 Å². The molecule has 1 rings (SSSR count). The lowest BCUT2D eigenvalue weighted by atomic mass is 10.5. The third-order valence-corrected chi connectivity index (χ3v) is 3.04. The quantitative estimate of drug-likeness (QED) is 0.604. The van der Waals surface area contributed by atoms with E-state index in [2.05, 4.69) is 5.32 Å². The molecule has 0 aliphatic carbocycles. The third kappa shape index (κ3) is 2.93. The Hall–Kier alpha value is -0.660. The van der Waals surface area contributed by atoms with Crippen molar-refractivity contribution in [1.29, 1.82) is 0 Å². The number of thioether (sulfide) groups is 1. The van der Waals surface area contributed by atoms with Crippen LogP contribution in [-0.4, -0.2) is 46.4 Å². The number of nitrogens with zero attached hydrogens (tertiary/aromatic N) is 1. The lowest BCUT2D eigenvalue weighted by Gasteiger charge is -2.13. The number of carbonyl (C=O) groups is 2. The van der Waals surface area contributed by atoms with E-state index >= 15 is 0 Å². The zero-order chi connectivity index (χ0) is 10.6. The molecule has 0 saturated carbocycles. The second-order valence-corrected chi connectivity index (χ2v) is 4.28. The minimum absolute atomic E-state index is 0.00463. The molecular formula is C7H11N3O2S2. The van der Waals surface area contributed by atoms with Gasteiger partial charge in [-0.2, -0.15) is 0 Å².